The van der Waals surface area contributed by atoms with Gasteiger partial charge in [0.2, 0.25) is 0 Å². The fraction of sp³-hybridized carbons (Fsp3) is 0.875. The van der Waals surface area contributed by atoms with Gasteiger partial charge in [0, 0.05) is 0 Å². The molecule has 0 spiro atoms. The van der Waals surface area contributed by atoms with Gasteiger partial charge in [0.15, 0.2) is 0 Å². The van der Waals surface area contributed by atoms with Crippen LogP contribution in [0.1, 0.15) is 6.42 Å². The highest BCUT2D eigenvalue weighted by atomic mass is 16.6. The van der Waals surface area contributed by atoms with E-state index >= 15 is 0 Å². The van der Waals surface area contributed by atoms with Crippen LogP contribution in [0.15, 0.2) is 0 Å². The van der Waals surface area contributed by atoms with E-state index in [0.29, 0.717) is 13.0 Å². The third-order valence-electron chi connectivity index (χ3n) is 1.08. The number of rotatable bonds is 5. The Morgan fingerprint density at radius 3 is 2.54 bits per heavy atom. The van der Waals surface area contributed by atoms with Crippen molar-refractivity contribution >= 4 is 0 Å². The first-order valence-electron chi connectivity index (χ1n) is 4.12. The first-order valence-corrected chi connectivity index (χ1v) is 4.12. The van der Waals surface area contributed by atoms with E-state index in [-0.39, 0.29) is 13.2 Å². The maximum Gasteiger partial charge on any atom is 0.100 e. The average molecular weight is 189 g/mol. The van der Waals surface area contributed by atoms with Gasteiger partial charge in [-0.15, -0.1) is 0 Å². The highest BCUT2D eigenvalue weighted by molar-refractivity contribution is 4.67. The lowest BCUT2D eigenvalue weighted by Crippen LogP contribution is -2.19. The molecule has 1 fully saturated rings. The first-order chi connectivity index (χ1) is 6.31. The summed E-state index contributed by atoms with van der Waals surface area (Å²) < 4.78 is 9.29. The number of aliphatic hydroxyl groups excluding tert-OH is 2. The molecule has 1 heterocycles. The quantitative estimate of drug-likeness (QED) is 0.440. The second-order valence-electron chi connectivity index (χ2n) is 2.43. The molecule has 0 aliphatic carbocycles. The third-order valence-corrected chi connectivity index (χ3v) is 1.08. The minimum Gasteiger partial charge on any atom is -0.394 e. The van der Waals surface area contributed by atoms with Crippen molar-refractivity contribution in [2.45, 2.75) is 12.5 Å². The topological polar surface area (TPSA) is 86.0 Å². The maximum absolute atomic E-state index is 8.70. The van der Waals surface area contributed by atoms with E-state index in [1.165, 1.54) is 0 Å². The smallest absolute Gasteiger partial charge is 0.100 e. The molecule has 1 rings (SSSR count). The predicted octanol–water partition coefficient (Wildman–Crippen LogP) is -0.714. The number of hydrogen-bond acceptors (Lipinski definition) is 5. The van der Waals surface area contributed by atoms with Crippen molar-refractivity contribution in [2.75, 3.05) is 33.0 Å². The molecule has 0 aromatic heterocycles. The van der Waals surface area contributed by atoms with E-state index in [4.69, 9.17) is 20.2 Å². The SMILES string of the molecule is C1CO1.N#CCCOCC(O)CO. The minimum atomic E-state index is -0.821. The van der Waals surface area contributed by atoms with Gasteiger partial charge in [-0.3, -0.25) is 0 Å². The Morgan fingerprint density at radius 2 is 2.15 bits per heavy atom. The zero-order chi connectivity index (χ0) is 9.94. The molecule has 5 heteroatoms. The van der Waals surface area contributed by atoms with E-state index in [2.05, 4.69) is 4.74 Å². The van der Waals surface area contributed by atoms with Crippen molar-refractivity contribution in [1.82, 2.24) is 0 Å². The van der Waals surface area contributed by atoms with Crippen molar-refractivity contribution in [1.29, 1.82) is 5.26 Å². The maximum atomic E-state index is 8.70. The van der Waals surface area contributed by atoms with Crippen LogP contribution in [-0.2, 0) is 9.47 Å². The number of nitrogens with zero attached hydrogens (tertiary/aromatic N) is 1. The van der Waals surface area contributed by atoms with Gasteiger partial charge < -0.3 is 19.7 Å². The van der Waals surface area contributed by atoms with Gasteiger partial charge >= 0.3 is 0 Å². The summed E-state index contributed by atoms with van der Waals surface area (Å²) in [6.07, 6.45) is -0.503. The van der Waals surface area contributed by atoms with Crippen LogP contribution >= 0.6 is 0 Å². The van der Waals surface area contributed by atoms with E-state index < -0.39 is 6.10 Å². The van der Waals surface area contributed by atoms with E-state index in [1.54, 1.807) is 0 Å². The van der Waals surface area contributed by atoms with Gasteiger partial charge in [0.05, 0.1) is 45.5 Å². The van der Waals surface area contributed by atoms with Crippen molar-refractivity contribution < 1.29 is 19.7 Å². The lowest BCUT2D eigenvalue weighted by molar-refractivity contribution is 0.00796. The second-order valence-corrected chi connectivity index (χ2v) is 2.43. The van der Waals surface area contributed by atoms with Gasteiger partial charge in [-0.05, 0) is 0 Å². The summed E-state index contributed by atoms with van der Waals surface area (Å²) in [6, 6.07) is 1.89. The van der Waals surface area contributed by atoms with Gasteiger partial charge in [-0.1, -0.05) is 0 Å². The van der Waals surface area contributed by atoms with Crippen molar-refractivity contribution in [2.24, 2.45) is 0 Å². The molecule has 0 aromatic rings. The standard InChI is InChI=1S/C6H11NO3.C2H4O/c7-2-1-3-10-5-6(9)4-8;1-2-3-1/h6,8-9H,1,3-5H2;1-2H2. The third kappa shape index (κ3) is 14.2. The molecule has 0 aromatic carbocycles. The van der Waals surface area contributed by atoms with Crippen LogP contribution in [0.5, 0.6) is 0 Å². The molecule has 1 saturated heterocycles. The van der Waals surface area contributed by atoms with Crippen LogP contribution in [0.25, 0.3) is 0 Å². The molecule has 5 nitrogen and oxygen atoms in total. The van der Waals surface area contributed by atoms with Gasteiger partial charge in [0.1, 0.15) is 6.10 Å². The summed E-state index contributed by atoms with van der Waals surface area (Å²) >= 11 is 0. The zero-order valence-corrected chi connectivity index (χ0v) is 7.48. The number of aliphatic hydroxyl groups is 2. The fourth-order valence-corrected chi connectivity index (χ4v) is 0.390. The largest absolute Gasteiger partial charge is 0.394 e. The Bertz CT molecular complexity index is 141. The molecule has 0 amide bonds. The Hall–Kier alpha value is -0.670. The molecule has 0 saturated carbocycles. The summed E-state index contributed by atoms with van der Waals surface area (Å²) in [6.45, 7) is 2.11. The van der Waals surface area contributed by atoms with Crippen LogP contribution in [0.3, 0.4) is 0 Å². The Labute approximate surface area is 77.5 Å². The molecule has 13 heavy (non-hydrogen) atoms. The number of epoxide rings is 1. The Balaban J connectivity index is 0.000000396. The van der Waals surface area contributed by atoms with Crippen LogP contribution < -0.4 is 0 Å². The van der Waals surface area contributed by atoms with E-state index in [9.17, 15) is 0 Å². The van der Waals surface area contributed by atoms with Crippen molar-refractivity contribution in [3.63, 3.8) is 0 Å². The number of ether oxygens (including phenoxy) is 2. The lowest BCUT2D eigenvalue weighted by Gasteiger charge is -2.05. The van der Waals surface area contributed by atoms with Crippen LogP contribution in [-0.4, -0.2) is 49.4 Å². The fourth-order valence-electron chi connectivity index (χ4n) is 0.390. The normalized spacial score (nSPS) is 15.2. The van der Waals surface area contributed by atoms with Gasteiger partial charge in [0.25, 0.3) is 0 Å². The summed E-state index contributed by atoms with van der Waals surface area (Å²) in [4.78, 5) is 0. The Kier molecular flexibility index (Phi) is 8.93. The molecule has 1 aliphatic heterocycles. The molecule has 1 atom stereocenters. The molecule has 1 aliphatic rings. The summed E-state index contributed by atoms with van der Waals surface area (Å²) in [5.74, 6) is 0. The molecule has 76 valence electrons. The van der Waals surface area contributed by atoms with Crippen LogP contribution in [0.4, 0.5) is 0 Å². The van der Waals surface area contributed by atoms with E-state index in [0.717, 1.165) is 13.2 Å². The van der Waals surface area contributed by atoms with Crippen molar-refractivity contribution in [3.05, 3.63) is 0 Å². The van der Waals surface area contributed by atoms with Crippen LogP contribution in [0.2, 0.25) is 0 Å². The molecule has 1 unspecified atom stereocenters. The lowest BCUT2D eigenvalue weighted by atomic mass is 10.4. The average Bonchev–Trinajstić information content (AvgIpc) is 2.98. The van der Waals surface area contributed by atoms with Crippen LogP contribution in [0, 0.1) is 11.3 Å². The minimum absolute atomic E-state index is 0.0954. The number of hydrogen-bond donors (Lipinski definition) is 2. The zero-order valence-electron chi connectivity index (χ0n) is 7.48. The Morgan fingerprint density at radius 1 is 1.54 bits per heavy atom. The predicted molar refractivity (Wildman–Crippen MR) is 45.0 cm³/mol. The highest BCUT2D eigenvalue weighted by Crippen LogP contribution is 1.85. The van der Waals surface area contributed by atoms with Gasteiger partial charge in [-0.2, -0.15) is 5.26 Å². The number of nitriles is 1. The summed E-state index contributed by atoms with van der Waals surface area (Å²) in [5, 5.41) is 25.0. The van der Waals surface area contributed by atoms with Crippen molar-refractivity contribution in [3.8, 4) is 6.07 Å². The molecular weight excluding hydrogens is 174 g/mol. The highest BCUT2D eigenvalue weighted by Gasteiger charge is 1.99. The monoisotopic (exact) mass is 189 g/mol. The molecule has 2 N–H and O–H groups in total. The molecule has 0 radical (unpaired) electrons. The second kappa shape index (κ2) is 9.42. The summed E-state index contributed by atoms with van der Waals surface area (Å²) in [5.41, 5.74) is 0. The first kappa shape index (κ1) is 12.3. The van der Waals surface area contributed by atoms with E-state index in [1.807, 2.05) is 6.07 Å². The molecular formula is C8H15NO4. The van der Waals surface area contributed by atoms with Gasteiger partial charge in [-0.25, -0.2) is 0 Å². The molecule has 0 bridgehead atoms. The summed E-state index contributed by atoms with van der Waals surface area (Å²) in [7, 11) is 0.